The molecule has 0 aliphatic rings. The summed E-state index contributed by atoms with van der Waals surface area (Å²) in [5.41, 5.74) is 6.60. The van der Waals surface area contributed by atoms with Crippen LogP contribution >= 0.6 is 0 Å². The minimum atomic E-state index is -0.959. The van der Waals surface area contributed by atoms with Crippen LogP contribution in [0.15, 0.2) is 0 Å². The molecular weight excluding hydrogens is 184 g/mol. The van der Waals surface area contributed by atoms with Crippen LogP contribution in [0.5, 0.6) is 0 Å². The highest BCUT2D eigenvalue weighted by molar-refractivity contribution is 5.75. The van der Waals surface area contributed by atoms with Crippen LogP contribution < -0.4 is 5.73 Å². The van der Waals surface area contributed by atoms with Gasteiger partial charge in [0.25, 0.3) is 0 Å². The fourth-order valence-corrected chi connectivity index (χ4v) is 1.33. The molecule has 6 heteroatoms. The van der Waals surface area contributed by atoms with Gasteiger partial charge in [-0.25, -0.2) is 4.68 Å². The molecule has 0 amide bonds. The van der Waals surface area contributed by atoms with Crippen LogP contribution in [0.4, 0.5) is 0 Å². The summed E-state index contributed by atoms with van der Waals surface area (Å²) >= 11 is 0. The molecule has 14 heavy (non-hydrogen) atoms. The number of rotatable bonds is 4. The molecule has 0 aliphatic carbocycles. The Morgan fingerprint density at radius 3 is 2.71 bits per heavy atom. The molecule has 1 atom stereocenters. The summed E-state index contributed by atoms with van der Waals surface area (Å²) in [7, 11) is 0. The van der Waals surface area contributed by atoms with Crippen LogP contribution in [0.3, 0.4) is 0 Å². The number of carbonyl (C=O) groups is 1. The van der Waals surface area contributed by atoms with Crippen LogP contribution in [-0.2, 0) is 11.3 Å². The lowest BCUT2D eigenvalue weighted by atomic mass is 10.0. The van der Waals surface area contributed by atoms with Crippen molar-refractivity contribution in [3.05, 3.63) is 11.4 Å². The molecule has 1 unspecified atom stereocenters. The number of aromatic nitrogens is 3. The van der Waals surface area contributed by atoms with Gasteiger partial charge in [0, 0.05) is 13.1 Å². The molecule has 0 radical (unpaired) electrons. The zero-order chi connectivity index (χ0) is 10.7. The Hall–Kier alpha value is -1.43. The number of aliphatic carboxylic acids is 1. The van der Waals surface area contributed by atoms with E-state index in [1.165, 1.54) is 0 Å². The van der Waals surface area contributed by atoms with Crippen molar-refractivity contribution in [1.82, 2.24) is 15.0 Å². The summed E-state index contributed by atoms with van der Waals surface area (Å²) in [6.07, 6.45) is 0. The second kappa shape index (κ2) is 4.19. The van der Waals surface area contributed by atoms with E-state index >= 15 is 0 Å². The van der Waals surface area contributed by atoms with Crippen molar-refractivity contribution >= 4 is 5.97 Å². The Morgan fingerprint density at radius 1 is 1.71 bits per heavy atom. The first-order chi connectivity index (χ1) is 6.61. The first-order valence-electron chi connectivity index (χ1n) is 4.44. The average Bonchev–Trinajstić information content (AvgIpc) is 2.49. The van der Waals surface area contributed by atoms with Crippen LogP contribution in [-0.4, -0.2) is 32.6 Å². The number of nitrogens with two attached hydrogens (primary N) is 1. The standard InChI is InChI=1S/C8H14N4O2/c1-3-12-5(2)7(10-11-12)6(4-9)8(13)14/h6H,3-4,9H2,1-2H3,(H,13,14). The Balaban J connectivity index is 3.05. The van der Waals surface area contributed by atoms with E-state index in [9.17, 15) is 4.79 Å². The largest absolute Gasteiger partial charge is 0.481 e. The highest BCUT2D eigenvalue weighted by atomic mass is 16.4. The molecule has 6 nitrogen and oxygen atoms in total. The molecule has 0 aromatic carbocycles. The van der Waals surface area contributed by atoms with Crippen molar-refractivity contribution in [3.63, 3.8) is 0 Å². The van der Waals surface area contributed by atoms with Gasteiger partial charge in [-0.15, -0.1) is 5.10 Å². The fourth-order valence-electron chi connectivity index (χ4n) is 1.33. The SMILES string of the molecule is CCn1nnc(C(CN)C(=O)O)c1C. The van der Waals surface area contributed by atoms with Crippen LogP contribution in [0.25, 0.3) is 0 Å². The van der Waals surface area contributed by atoms with E-state index in [1.54, 1.807) is 11.6 Å². The summed E-state index contributed by atoms with van der Waals surface area (Å²) in [6.45, 7) is 4.43. The van der Waals surface area contributed by atoms with Crippen molar-refractivity contribution in [2.24, 2.45) is 5.73 Å². The Kier molecular flexibility index (Phi) is 3.19. The maximum Gasteiger partial charge on any atom is 0.314 e. The molecule has 1 rings (SSSR count). The summed E-state index contributed by atoms with van der Waals surface area (Å²) in [4.78, 5) is 10.8. The van der Waals surface area contributed by atoms with Gasteiger partial charge in [0.2, 0.25) is 0 Å². The van der Waals surface area contributed by atoms with Crippen LogP contribution in [0.1, 0.15) is 24.2 Å². The number of nitrogens with zero attached hydrogens (tertiary/aromatic N) is 3. The molecule has 0 saturated carbocycles. The molecule has 3 N–H and O–H groups in total. The first-order valence-corrected chi connectivity index (χ1v) is 4.44. The summed E-state index contributed by atoms with van der Waals surface area (Å²) in [5, 5.41) is 16.5. The fraction of sp³-hybridized carbons (Fsp3) is 0.625. The van der Waals surface area contributed by atoms with Gasteiger partial charge >= 0.3 is 5.97 Å². The predicted octanol–water partition coefficient (Wildman–Crippen LogP) is -0.267. The van der Waals surface area contributed by atoms with Crippen molar-refractivity contribution in [2.75, 3.05) is 6.54 Å². The minimum Gasteiger partial charge on any atom is -0.481 e. The highest BCUT2D eigenvalue weighted by Crippen LogP contribution is 2.15. The molecule has 0 spiro atoms. The molecule has 1 aromatic rings. The Morgan fingerprint density at radius 2 is 2.36 bits per heavy atom. The molecule has 0 saturated heterocycles. The zero-order valence-corrected chi connectivity index (χ0v) is 8.27. The van der Waals surface area contributed by atoms with Gasteiger partial charge < -0.3 is 10.8 Å². The maximum atomic E-state index is 10.8. The van der Waals surface area contributed by atoms with E-state index in [4.69, 9.17) is 10.8 Å². The number of hydrogen-bond donors (Lipinski definition) is 2. The number of carboxylic acids is 1. The molecule has 0 fully saturated rings. The minimum absolute atomic E-state index is 0.0403. The lowest BCUT2D eigenvalue weighted by molar-refractivity contribution is -0.138. The molecule has 1 aromatic heterocycles. The number of aryl methyl sites for hydroxylation is 1. The lowest BCUT2D eigenvalue weighted by Gasteiger charge is -2.06. The molecule has 0 aliphatic heterocycles. The van der Waals surface area contributed by atoms with Crippen molar-refractivity contribution in [2.45, 2.75) is 26.3 Å². The molecule has 0 bridgehead atoms. The maximum absolute atomic E-state index is 10.8. The van der Waals surface area contributed by atoms with Crippen LogP contribution in [0.2, 0.25) is 0 Å². The van der Waals surface area contributed by atoms with Gasteiger partial charge in [0.15, 0.2) is 0 Å². The quantitative estimate of drug-likeness (QED) is 0.694. The van der Waals surface area contributed by atoms with Gasteiger partial charge in [-0.05, 0) is 13.8 Å². The zero-order valence-electron chi connectivity index (χ0n) is 8.27. The number of carboxylic acid groups (broad SMARTS) is 1. The average molecular weight is 198 g/mol. The normalized spacial score (nSPS) is 12.8. The predicted molar refractivity (Wildman–Crippen MR) is 49.9 cm³/mol. The lowest BCUT2D eigenvalue weighted by Crippen LogP contribution is -2.22. The smallest absolute Gasteiger partial charge is 0.314 e. The van der Waals surface area contributed by atoms with Gasteiger partial charge in [0.1, 0.15) is 11.6 Å². The summed E-state index contributed by atoms with van der Waals surface area (Å²) in [5.74, 6) is -1.71. The molecule has 78 valence electrons. The topological polar surface area (TPSA) is 94.0 Å². The summed E-state index contributed by atoms with van der Waals surface area (Å²) in [6, 6.07) is 0. The third-order valence-electron chi connectivity index (χ3n) is 2.18. The second-order valence-electron chi connectivity index (χ2n) is 3.00. The highest BCUT2D eigenvalue weighted by Gasteiger charge is 2.24. The second-order valence-corrected chi connectivity index (χ2v) is 3.00. The molecule has 1 heterocycles. The first kappa shape index (κ1) is 10.6. The number of hydrogen-bond acceptors (Lipinski definition) is 4. The third kappa shape index (κ3) is 1.74. The summed E-state index contributed by atoms with van der Waals surface area (Å²) < 4.78 is 1.65. The van der Waals surface area contributed by atoms with Crippen molar-refractivity contribution < 1.29 is 9.90 Å². The Bertz CT molecular complexity index is 334. The van der Waals surface area contributed by atoms with Gasteiger partial charge in [-0.3, -0.25) is 4.79 Å². The van der Waals surface area contributed by atoms with Crippen molar-refractivity contribution in [1.29, 1.82) is 0 Å². The van der Waals surface area contributed by atoms with Gasteiger partial charge in [-0.2, -0.15) is 0 Å². The van der Waals surface area contributed by atoms with Crippen LogP contribution in [0, 0.1) is 6.92 Å². The van der Waals surface area contributed by atoms with E-state index in [0.29, 0.717) is 12.2 Å². The van der Waals surface area contributed by atoms with E-state index in [0.717, 1.165) is 5.69 Å². The van der Waals surface area contributed by atoms with Gasteiger partial charge in [0.05, 0.1) is 5.69 Å². The van der Waals surface area contributed by atoms with Gasteiger partial charge in [-0.1, -0.05) is 5.21 Å². The monoisotopic (exact) mass is 198 g/mol. The van der Waals surface area contributed by atoms with Crippen molar-refractivity contribution in [3.8, 4) is 0 Å². The third-order valence-corrected chi connectivity index (χ3v) is 2.18. The Labute approximate surface area is 81.7 Å². The van der Waals surface area contributed by atoms with E-state index in [-0.39, 0.29) is 6.54 Å². The van der Waals surface area contributed by atoms with E-state index in [1.807, 2.05) is 6.92 Å². The van der Waals surface area contributed by atoms with E-state index < -0.39 is 11.9 Å². The molecular formula is C8H14N4O2. The van der Waals surface area contributed by atoms with E-state index in [2.05, 4.69) is 10.3 Å².